The quantitative estimate of drug-likeness (QED) is 0.839. The zero-order valence-corrected chi connectivity index (χ0v) is 13.3. The van der Waals surface area contributed by atoms with Gasteiger partial charge in [-0.2, -0.15) is 0 Å². The minimum atomic E-state index is 0.345. The number of thiophene rings is 2. The first-order chi connectivity index (χ1) is 9.28. The highest BCUT2D eigenvalue weighted by Crippen LogP contribution is 2.29. The van der Waals surface area contributed by atoms with E-state index in [1.165, 1.54) is 14.6 Å². The van der Waals surface area contributed by atoms with Gasteiger partial charge in [-0.15, -0.1) is 22.7 Å². The number of aryl methyl sites for hydroxylation is 1. The van der Waals surface area contributed by atoms with E-state index in [2.05, 4.69) is 48.4 Å². The zero-order chi connectivity index (χ0) is 13.7. The summed E-state index contributed by atoms with van der Waals surface area (Å²) >= 11 is 3.72. The first kappa shape index (κ1) is 14.7. The second-order valence-electron chi connectivity index (χ2n) is 4.55. The van der Waals surface area contributed by atoms with Crippen LogP contribution in [0.15, 0.2) is 29.6 Å². The van der Waals surface area contributed by atoms with E-state index in [0.717, 1.165) is 19.5 Å². The van der Waals surface area contributed by atoms with Gasteiger partial charge in [-0.1, -0.05) is 19.9 Å². The number of rotatable bonds is 7. The van der Waals surface area contributed by atoms with Gasteiger partial charge in [-0.3, -0.25) is 4.90 Å². The summed E-state index contributed by atoms with van der Waals surface area (Å²) in [5.41, 5.74) is 6.03. The lowest BCUT2D eigenvalue weighted by Crippen LogP contribution is -2.32. The highest BCUT2D eigenvalue weighted by molar-refractivity contribution is 7.12. The molecule has 2 aromatic heterocycles. The van der Waals surface area contributed by atoms with Gasteiger partial charge in [-0.25, -0.2) is 0 Å². The predicted molar refractivity (Wildman–Crippen MR) is 85.9 cm³/mol. The van der Waals surface area contributed by atoms with Gasteiger partial charge in [0, 0.05) is 27.7 Å². The van der Waals surface area contributed by atoms with Crippen LogP contribution < -0.4 is 5.73 Å². The van der Waals surface area contributed by atoms with Crippen LogP contribution in [-0.2, 0) is 13.0 Å². The van der Waals surface area contributed by atoms with Crippen molar-refractivity contribution in [2.75, 3.05) is 13.1 Å². The Balaban J connectivity index is 2.13. The second-order valence-corrected chi connectivity index (χ2v) is 6.78. The normalized spacial score (nSPS) is 13.1. The van der Waals surface area contributed by atoms with Crippen molar-refractivity contribution >= 4 is 22.7 Å². The summed E-state index contributed by atoms with van der Waals surface area (Å²) in [6, 6.07) is 9.15. The number of nitrogens with two attached hydrogens (primary N) is 1. The molecule has 1 atom stereocenters. The van der Waals surface area contributed by atoms with Gasteiger partial charge < -0.3 is 5.73 Å². The monoisotopic (exact) mass is 294 g/mol. The molecule has 0 aromatic carbocycles. The van der Waals surface area contributed by atoms with Gasteiger partial charge in [-0.05, 0) is 36.5 Å². The molecule has 0 aliphatic carbocycles. The van der Waals surface area contributed by atoms with Gasteiger partial charge in [0.25, 0.3) is 0 Å². The molecular weight excluding hydrogens is 272 g/mol. The topological polar surface area (TPSA) is 29.3 Å². The maximum absolute atomic E-state index is 6.03. The highest BCUT2D eigenvalue weighted by Gasteiger charge is 2.19. The molecule has 4 heteroatoms. The largest absolute Gasteiger partial charge is 0.329 e. The summed E-state index contributed by atoms with van der Waals surface area (Å²) in [6.45, 7) is 7.12. The number of likely N-dealkylation sites (N-methyl/N-ethyl adjacent to an activating group) is 1. The smallest absolute Gasteiger partial charge is 0.0567 e. The molecule has 0 saturated heterocycles. The Labute approximate surface area is 123 Å². The van der Waals surface area contributed by atoms with Crippen molar-refractivity contribution in [2.45, 2.75) is 32.9 Å². The SMILES string of the molecule is CCc1ccc(C(CN)N(CC)Cc2cccs2)s1. The van der Waals surface area contributed by atoms with E-state index >= 15 is 0 Å². The van der Waals surface area contributed by atoms with Crippen molar-refractivity contribution in [3.8, 4) is 0 Å². The Bertz CT molecular complexity index is 476. The first-order valence-corrected chi connectivity index (χ1v) is 8.53. The minimum absolute atomic E-state index is 0.345. The van der Waals surface area contributed by atoms with Crippen LogP contribution in [0.3, 0.4) is 0 Å². The summed E-state index contributed by atoms with van der Waals surface area (Å²) in [5.74, 6) is 0. The summed E-state index contributed by atoms with van der Waals surface area (Å²) in [7, 11) is 0. The summed E-state index contributed by atoms with van der Waals surface area (Å²) in [5, 5.41) is 2.14. The van der Waals surface area contributed by atoms with Gasteiger partial charge in [0.1, 0.15) is 0 Å². The lowest BCUT2D eigenvalue weighted by Gasteiger charge is -2.28. The highest BCUT2D eigenvalue weighted by atomic mass is 32.1. The molecule has 0 aliphatic rings. The van der Waals surface area contributed by atoms with Crippen LogP contribution >= 0.6 is 22.7 Å². The molecule has 0 bridgehead atoms. The van der Waals surface area contributed by atoms with Crippen LogP contribution in [0.4, 0.5) is 0 Å². The number of hydrogen-bond donors (Lipinski definition) is 1. The molecule has 2 N–H and O–H groups in total. The molecule has 2 nitrogen and oxygen atoms in total. The van der Waals surface area contributed by atoms with Crippen molar-refractivity contribution < 1.29 is 0 Å². The molecule has 0 fully saturated rings. The van der Waals surface area contributed by atoms with Gasteiger partial charge in [0.15, 0.2) is 0 Å². The van der Waals surface area contributed by atoms with E-state index in [-0.39, 0.29) is 0 Å². The van der Waals surface area contributed by atoms with Gasteiger partial charge >= 0.3 is 0 Å². The van der Waals surface area contributed by atoms with Crippen LogP contribution in [0.1, 0.15) is 34.5 Å². The standard InChI is InChI=1S/C15H22N2S2/c1-3-12-7-8-15(19-12)14(10-16)17(4-2)11-13-6-5-9-18-13/h5-9,14H,3-4,10-11,16H2,1-2H3. The fourth-order valence-corrected chi connectivity index (χ4v) is 4.08. The van der Waals surface area contributed by atoms with Gasteiger partial charge in [0.2, 0.25) is 0 Å². The maximum Gasteiger partial charge on any atom is 0.0567 e. The average Bonchev–Trinajstić information content (AvgIpc) is 3.09. The lowest BCUT2D eigenvalue weighted by atomic mass is 10.2. The third-order valence-electron chi connectivity index (χ3n) is 3.37. The molecular formula is C15H22N2S2. The average molecular weight is 294 g/mol. The maximum atomic E-state index is 6.03. The van der Waals surface area contributed by atoms with Crippen molar-refractivity contribution in [3.05, 3.63) is 44.3 Å². The molecule has 1 unspecified atom stereocenters. The third kappa shape index (κ3) is 3.66. The Morgan fingerprint density at radius 2 is 2.05 bits per heavy atom. The molecule has 19 heavy (non-hydrogen) atoms. The molecule has 2 heterocycles. The Hall–Kier alpha value is -0.680. The first-order valence-electron chi connectivity index (χ1n) is 6.83. The van der Waals surface area contributed by atoms with Crippen molar-refractivity contribution in [2.24, 2.45) is 5.73 Å². The van der Waals surface area contributed by atoms with E-state index in [0.29, 0.717) is 12.6 Å². The van der Waals surface area contributed by atoms with Crippen molar-refractivity contribution in [1.29, 1.82) is 0 Å². The molecule has 0 aliphatic heterocycles. The fraction of sp³-hybridized carbons (Fsp3) is 0.467. The van der Waals surface area contributed by atoms with E-state index < -0.39 is 0 Å². The van der Waals surface area contributed by atoms with Crippen LogP contribution in [-0.4, -0.2) is 18.0 Å². The van der Waals surface area contributed by atoms with Crippen LogP contribution in [0.25, 0.3) is 0 Å². The van der Waals surface area contributed by atoms with Crippen LogP contribution in [0.2, 0.25) is 0 Å². The lowest BCUT2D eigenvalue weighted by molar-refractivity contribution is 0.208. The molecule has 0 amide bonds. The Morgan fingerprint density at radius 1 is 1.21 bits per heavy atom. The molecule has 2 aromatic rings. The van der Waals surface area contributed by atoms with Crippen LogP contribution in [0.5, 0.6) is 0 Å². The van der Waals surface area contributed by atoms with Crippen LogP contribution in [0, 0.1) is 0 Å². The minimum Gasteiger partial charge on any atom is -0.329 e. The molecule has 0 spiro atoms. The van der Waals surface area contributed by atoms with E-state index in [9.17, 15) is 0 Å². The summed E-state index contributed by atoms with van der Waals surface area (Å²) in [4.78, 5) is 6.72. The Morgan fingerprint density at radius 3 is 2.58 bits per heavy atom. The van der Waals surface area contributed by atoms with E-state index in [1.54, 1.807) is 0 Å². The van der Waals surface area contributed by atoms with Crippen molar-refractivity contribution in [1.82, 2.24) is 4.90 Å². The van der Waals surface area contributed by atoms with E-state index in [1.807, 2.05) is 22.7 Å². The van der Waals surface area contributed by atoms with Crippen molar-refractivity contribution in [3.63, 3.8) is 0 Å². The zero-order valence-electron chi connectivity index (χ0n) is 11.6. The fourth-order valence-electron chi connectivity index (χ4n) is 2.25. The van der Waals surface area contributed by atoms with E-state index in [4.69, 9.17) is 5.73 Å². The predicted octanol–water partition coefficient (Wildman–Crippen LogP) is 3.89. The molecule has 0 saturated carbocycles. The Kier molecular flexibility index (Phi) is 5.58. The summed E-state index contributed by atoms with van der Waals surface area (Å²) < 4.78 is 0. The molecule has 104 valence electrons. The third-order valence-corrected chi connectivity index (χ3v) is 5.56. The number of hydrogen-bond acceptors (Lipinski definition) is 4. The van der Waals surface area contributed by atoms with Gasteiger partial charge in [0.05, 0.1) is 6.04 Å². The molecule has 2 rings (SSSR count). The molecule has 0 radical (unpaired) electrons. The second kappa shape index (κ2) is 7.20. The summed E-state index contributed by atoms with van der Waals surface area (Å²) in [6.07, 6.45) is 1.11. The number of nitrogens with zero attached hydrogens (tertiary/aromatic N) is 1.